The number of carbonyl (C=O) groups excluding carboxylic acids is 2. The molecule has 0 bridgehead atoms. The van der Waals surface area contributed by atoms with Gasteiger partial charge < -0.3 is 9.32 Å². The molecule has 1 N–H and O–H groups in total. The molecule has 0 atom stereocenters. The van der Waals surface area contributed by atoms with Gasteiger partial charge in [-0.3, -0.25) is 14.9 Å². The van der Waals surface area contributed by atoms with Crippen LogP contribution in [0, 0.1) is 12.7 Å². The zero-order valence-electron chi connectivity index (χ0n) is 15.2. The summed E-state index contributed by atoms with van der Waals surface area (Å²) >= 11 is 1.22. The molecule has 0 saturated heterocycles. The van der Waals surface area contributed by atoms with Gasteiger partial charge in [-0.1, -0.05) is 6.07 Å². The van der Waals surface area contributed by atoms with Crippen molar-refractivity contribution in [2.75, 3.05) is 16.8 Å². The van der Waals surface area contributed by atoms with Crippen molar-refractivity contribution in [1.82, 2.24) is 4.98 Å². The van der Waals surface area contributed by atoms with Crippen LogP contribution in [0.15, 0.2) is 40.3 Å². The van der Waals surface area contributed by atoms with E-state index in [0.29, 0.717) is 23.1 Å². The molecule has 6 nitrogen and oxygen atoms in total. The SMILES string of the molecule is Cc1cc(F)c2c(c1)CCCN2C(=O)Cc1csc(NC(=O)c2ccco2)n1. The Balaban J connectivity index is 1.47. The molecule has 0 saturated carbocycles. The molecule has 0 aliphatic carbocycles. The summed E-state index contributed by atoms with van der Waals surface area (Å²) in [5.74, 6) is -0.797. The minimum atomic E-state index is -0.403. The first-order chi connectivity index (χ1) is 13.5. The zero-order chi connectivity index (χ0) is 19.7. The fourth-order valence-electron chi connectivity index (χ4n) is 3.35. The second kappa shape index (κ2) is 7.55. The maximum atomic E-state index is 14.5. The number of thiazole rings is 1. The zero-order valence-corrected chi connectivity index (χ0v) is 16.0. The number of anilines is 2. The van der Waals surface area contributed by atoms with Crippen molar-refractivity contribution in [2.24, 2.45) is 0 Å². The number of aromatic nitrogens is 1. The fraction of sp³-hybridized carbons (Fsp3) is 0.250. The quantitative estimate of drug-likeness (QED) is 0.721. The lowest BCUT2D eigenvalue weighted by molar-refractivity contribution is -0.118. The Morgan fingerprint density at radius 2 is 2.25 bits per heavy atom. The number of nitrogens with zero attached hydrogens (tertiary/aromatic N) is 2. The van der Waals surface area contributed by atoms with Crippen LogP contribution >= 0.6 is 11.3 Å². The van der Waals surface area contributed by atoms with Crippen LogP contribution in [-0.4, -0.2) is 23.3 Å². The number of furan rings is 1. The van der Waals surface area contributed by atoms with Gasteiger partial charge in [0, 0.05) is 11.9 Å². The topological polar surface area (TPSA) is 75.4 Å². The molecule has 3 aromatic rings. The summed E-state index contributed by atoms with van der Waals surface area (Å²) in [6, 6.07) is 6.56. The molecule has 1 aliphatic heterocycles. The molecule has 0 fully saturated rings. The summed E-state index contributed by atoms with van der Waals surface area (Å²) < 4.78 is 19.5. The molecule has 144 valence electrons. The Bertz CT molecular complexity index is 1030. The molecular formula is C20H18FN3O3S. The van der Waals surface area contributed by atoms with Gasteiger partial charge in [0.2, 0.25) is 5.91 Å². The number of benzene rings is 1. The van der Waals surface area contributed by atoms with E-state index in [1.807, 2.05) is 13.0 Å². The highest BCUT2D eigenvalue weighted by Gasteiger charge is 2.26. The summed E-state index contributed by atoms with van der Waals surface area (Å²) in [5, 5.41) is 4.73. The van der Waals surface area contributed by atoms with E-state index in [1.165, 1.54) is 28.6 Å². The third-order valence-electron chi connectivity index (χ3n) is 4.54. The molecule has 2 amide bonds. The number of carbonyl (C=O) groups is 2. The van der Waals surface area contributed by atoms with Crippen LogP contribution in [0.3, 0.4) is 0 Å². The molecule has 0 spiro atoms. The van der Waals surface area contributed by atoms with E-state index in [4.69, 9.17) is 4.42 Å². The lowest BCUT2D eigenvalue weighted by Gasteiger charge is -2.30. The number of rotatable bonds is 4. The minimum Gasteiger partial charge on any atom is -0.459 e. The van der Waals surface area contributed by atoms with Gasteiger partial charge in [-0.25, -0.2) is 9.37 Å². The molecule has 1 aliphatic rings. The molecule has 4 rings (SSSR count). The van der Waals surface area contributed by atoms with Crippen LogP contribution in [0.25, 0.3) is 0 Å². The number of fused-ring (bicyclic) bond motifs is 1. The molecule has 8 heteroatoms. The van der Waals surface area contributed by atoms with E-state index in [2.05, 4.69) is 10.3 Å². The van der Waals surface area contributed by atoms with Crippen molar-refractivity contribution in [3.8, 4) is 0 Å². The second-order valence-corrected chi connectivity index (χ2v) is 7.51. The highest BCUT2D eigenvalue weighted by atomic mass is 32.1. The summed E-state index contributed by atoms with van der Waals surface area (Å²) in [6.07, 6.45) is 3.01. The van der Waals surface area contributed by atoms with E-state index in [-0.39, 0.29) is 23.9 Å². The van der Waals surface area contributed by atoms with Crippen LogP contribution in [0.4, 0.5) is 15.2 Å². The monoisotopic (exact) mass is 399 g/mol. The summed E-state index contributed by atoms with van der Waals surface area (Å²) in [5.41, 5.74) is 2.62. The number of halogens is 1. The number of hydrogen-bond donors (Lipinski definition) is 1. The Morgan fingerprint density at radius 1 is 1.39 bits per heavy atom. The van der Waals surface area contributed by atoms with E-state index >= 15 is 0 Å². The lowest BCUT2D eigenvalue weighted by atomic mass is 9.98. The van der Waals surface area contributed by atoms with E-state index in [9.17, 15) is 14.0 Å². The van der Waals surface area contributed by atoms with Crippen LogP contribution in [0.2, 0.25) is 0 Å². The van der Waals surface area contributed by atoms with E-state index in [1.54, 1.807) is 17.5 Å². The van der Waals surface area contributed by atoms with E-state index in [0.717, 1.165) is 24.0 Å². The molecule has 3 heterocycles. The predicted molar refractivity (Wildman–Crippen MR) is 104 cm³/mol. The van der Waals surface area contributed by atoms with Crippen molar-refractivity contribution in [2.45, 2.75) is 26.2 Å². The van der Waals surface area contributed by atoms with Gasteiger partial charge in [-0.15, -0.1) is 11.3 Å². The molecule has 0 radical (unpaired) electrons. The Hall–Kier alpha value is -3.00. The van der Waals surface area contributed by atoms with Crippen molar-refractivity contribution in [1.29, 1.82) is 0 Å². The highest BCUT2D eigenvalue weighted by Crippen LogP contribution is 2.32. The molecule has 28 heavy (non-hydrogen) atoms. The van der Waals surface area contributed by atoms with Crippen LogP contribution < -0.4 is 10.2 Å². The first-order valence-electron chi connectivity index (χ1n) is 8.90. The Kier molecular flexibility index (Phi) is 4.95. The molecule has 0 unspecified atom stereocenters. The first kappa shape index (κ1) is 18.4. The fourth-order valence-corrected chi connectivity index (χ4v) is 4.06. The third kappa shape index (κ3) is 3.68. The second-order valence-electron chi connectivity index (χ2n) is 6.66. The summed E-state index contributed by atoms with van der Waals surface area (Å²) in [4.78, 5) is 30.6. The number of hydrogen-bond acceptors (Lipinski definition) is 5. The smallest absolute Gasteiger partial charge is 0.293 e. The summed E-state index contributed by atoms with van der Waals surface area (Å²) in [7, 11) is 0. The Morgan fingerprint density at radius 3 is 3.04 bits per heavy atom. The van der Waals surface area contributed by atoms with E-state index < -0.39 is 5.91 Å². The molecule has 2 aromatic heterocycles. The van der Waals surface area contributed by atoms with Gasteiger partial charge in [0.05, 0.1) is 24.1 Å². The van der Waals surface area contributed by atoms with Crippen LogP contribution in [-0.2, 0) is 17.6 Å². The maximum absolute atomic E-state index is 14.5. The van der Waals surface area contributed by atoms with Gasteiger partial charge >= 0.3 is 0 Å². The van der Waals surface area contributed by atoms with Crippen molar-refractivity contribution >= 4 is 34.0 Å². The average molecular weight is 399 g/mol. The van der Waals surface area contributed by atoms with Gasteiger partial charge in [-0.05, 0) is 49.1 Å². The Labute approximate surface area is 165 Å². The predicted octanol–water partition coefficient (Wildman–Crippen LogP) is 3.96. The average Bonchev–Trinajstić information content (AvgIpc) is 3.33. The first-order valence-corrected chi connectivity index (χ1v) is 9.78. The lowest BCUT2D eigenvalue weighted by Crippen LogP contribution is -2.37. The van der Waals surface area contributed by atoms with Gasteiger partial charge in [-0.2, -0.15) is 0 Å². The minimum absolute atomic E-state index is 0.0415. The molecular weight excluding hydrogens is 381 g/mol. The van der Waals surface area contributed by atoms with Crippen molar-refractivity contribution < 1.29 is 18.4 Å². The largest absolute Gasteiger partial charge is 0.459 e. The number of nitrogens with one attached hydrogen (secondary N) is 1. The highest BCUT2D eigenvalue weighted by molar-refractivity contribution is 7.14. The third-order valence-corrected chi connectivity index (χ3v) is 5.34. The molecule has 1 aromatic carbocycles. The van der Waals surface area contributed by atoms with Gasteiger partial charge in [0.1, 0.15) is 5.82 Å². The number of aryl methyl sites for hydroxylation is 2. The number of amides is 2. The summed E-state index contributed by atoms with van der Waals surface area (Å²) in [6.45, 7) is 2.33. The van der Waals surface area contributed by atoms with Crippen LogP contribution in [0.1, 0.15) is 33.8 Å². The van der Waals surface area contributed by atoms with Crippen LogP contribution in [0.5, 0.6) is 0 Å². The normalized spacial score (nSPS) is 13.3. The maximum Gasteiger partial charge on any atom is 0.293 e. The van der Waals surface area contributed by atoms with Gasteiger partial charge in [0.15, 0.2) is 10.9 Å². The van der Waals surface area contributed by atoms with Crippen molar-refractivity contribution in [3.63, 3.8) is 0 Å². The van der Waals surface area contributed by atoms with Crippen molar-refractivity contribution in [3.05, 3.63) is 64.3 Å². The standard InChI is InChI=1S/C20H18FN3O3S/c1-12-8-13-4-2-6-24(18(13)15(21)9-12)17(25)10-14-11-28-20(22-14)23-19(26)16-5-3-7-27-16/h3,5,7-9,11H,2,4,6,10H2,1H3,(H,22,23,26). The van der Waals surface area contributed by atoms with Gasteiger partial charge in [0.25, 0.3) is 5.91 Å².